The first kappa shape index (κ1) is 15.1. The van der Waals surface area contributed by atoms with Crippen molar-refractivity contribution in [1.82, 2.24) is 9.78 Å². The van der Waals surface area contributed by atoms with Crippen molar-refractivity contribution in [3.8, 4) is 0 Å². The van der Waals surface area contributed by atoms with E-state index in [4.69, 9.17) is 5.11 Å². The third kappa shape index (κ3) is 3.20. The number of nitrogens with zero attached hydrogens (tertiary/aromatic N) is 2. The molecule has 1 aliphatic rings. The number of hydrogen-bond acceptors (Lipinski definition) is 3. The van der Waals surface area contributed by atoms with E-state index >= 15 is 0 Å². The minimum Gasteiger partial charge on any atom is -0.480 e. The Hall–Kier alpha value is -2.77. The van der Waals surface area contributed by atoms with E-state index in [1.807, 2.05) is 0 Å². The smallest absolute Gasteiger partial charge is 0.325 e. The first-order valence-corrected chi connectivity index (χ1v) is 6.95. The second kappa shape index (κ2) is 5.79. The molecule has 120 valence electrons. The van der Waals surface area contributed by atoms with Crippen LogP contribution in [0.5, 0.6) is 0 Å². The number of carboxylic acid groups (broad SMARTS) is 1. The quantitative estimate of drug-likeness (QED) is 0.882. The third-order valence-corrected chi connectivity index (χ3v) is 3.69. The number of carbonyl (C=O) groups is 2. The van der Waals surface area contributed by atoms with Gasteiger partial charge in [-0.2, -0.15) is 5.10 Å². The van der Waals surface area contributed by atoms with E-state index in [1.54, 1.807) is 0 Å². The Morgan fingerprint density at radius 1 is 1.30 bits per heavy atom. The molecule has 0 radical (unpaired) electrons. The van der Waals surface area contributed by atoms with Crippen LogP contribution in [0.2, 0.25) is 0 Å². The SMILES string of the molecule is O=C(O)Cn1ccc(NC(=O)[C@@H]2C[C@@H]2c2c(F)cccc2F)n1. The molecule has 8 heteroatoms. The van der Waals surface area contributed by atoms with E-state index < -0.39 is 35.3 Å². The number of carboxylic acids is 1. The second-order valence-corrected chi connectivity index (χ2v) is 5.37. The van der Waals surface area contributed by atoms with Crippen LogP contribution in [0.25, 0.3) is 0 Å². The predicted octanol–water partition coefficient (Wildman–Crippen LogP) is 1.99. The lowest BCUT2D eigenvalue weighted by Crippen LogP contribution is -2.16. The lowest BCUT2D eigenvalue weighted by Gasteiger charge is -2.04. The van der Waals surface area contributed by atoms with Crippen molar-refractivity contribution < 1.29 is 23.5 Å². The minimum absolute atomic E-state index is 0.0657. The number of carbonyl (C=O) groups excluding carboxylic acids is 1. The molecule has 6 nitrogen and oxygen atoms in total. The van der Waals surface area contributed by atoms with E-state index in [-0.39, 0.29) is 17.9 Å². The van der Waals surface area contributed by atoms with Gasteiger partial charge < -0.3 is 10.4 Å². The van der Waals surface area contributed by atoms with Gasteiger partial charge in [-0.25, -0.2) is 8.78 Å². The lowest BCUT2D eigenvalue weighted by molar-refractivity contribution is -0.137. The normalized spacial score (nSPS) is 19.4. The van der Waals surface area contributed by atoms with Crippen LogP contribution in [-0.4, -0.2) is 26.8 Å². The lowest BCUT2D eigenvalue weighted by atomic mass is 10.1. The average molecular weight is 321 g/mol. The van der Waals surface area contributed by atoms with Crippen molar-refractivity contribution in [2.75, 3.05) is 5.32 Å². The third-order valence-electron chi connectivity index (χ3n) is 3.69. The molecule has 1 aromatic heterocycles. The monoisotopic (exact) mass is 321 g/mol. The van der Waals surface area contributed by atoms with Crippen LogP contribution in [0.3, 0.4) is 0 Å². The van der Waals surface area contributed by atoms with Gasteiger partial charge in [0, 0.05) is 29.7 Å². The average Bonchev–Trinajstić information content (AvgIpc) is 3.13. The zero-order valence-electron chi connectivity index (χ0n) is 11.9. The fourth-order valence-corrected chi connectivity index (χ4v) is 2.54. The Balaban J connectivity index is 1.64. The van der Waals surface area contributed by atoms with Gasteiger partial charge in [0.05, 0.1) is 0 Å². The number of amides is 1. The highest BCUT2D eigenvalue weighted by Crippen LogP contribution is 2.49. The minimum atomic E-state index is -1.05. The first-order chi connectivity index (χ1) is 11.0. The summed E-state index contributed by atoms with van der Waals surface area (Å²) >= 11 is 0. The summed E-state index contributed by atoms with van der Waals surface area (Å²) in [5.74, 6) is -3.56. The molecule has 0 unspecified atom stereocenters. The zero-order chi connectivity index (χ0) is 16.6. The molecule has 1 amide bonds. The molecule has 1 aliphatic carbocycles. The number of anilines is 1. The molecule has 2 N–H and O–H groups in total. The predicted molar refractivity (Wildman–Crippen MR) is 75.7 cm³/mol. The molecule has 0 aliphatic heterocycles. The van der Waals surface area contributed by atoms with Crippen LogP contribution in [0.4, 0.5) is 14.6 Å². The highest BCUT2D eigenvalue weighted by Gasteiger charge is 2.46. The molecule has 0 bridgehead atoms. The van der Waals surface area contributed by atoms with Crippen LogP contribution in [0.15, 0.2) is 30.5 Å². The summed E-state index contributed by atoms with van der Waals surface area (Å²) in [5, 5.41) is 15.1. The van der Waals surface area contributed by atoms with E-state index in [1.165, 1.54) is 35.1 Å². The number of hydrogen-bond donors (Lipinski definition) is 2. The molecule has 0 saturated heterocycles. The maximum absolute atomic E-state index is 13.7. The molecule has 0 spiro atoms. The molecule has 1 aromatic carbocycles. The van der Waals surface area contributed by atoms with Gasteiger partial charge in [0.25, 0.3) is 0 Å². The fourth-order valence-electron chi connectivity index (χ4n) is 2.54. The zero-order valence-corrected chi connectivity index (χ0v) is 11.9. The van der Waals surface area contributed by atoms with Crippen molar-refractivity contribution in [3.63, 3.8) is 0 Å². The topological polar surface area (TPSA) is 84.2 Å². The standard InChI is InChI=1S/C15H13F2N3O3/c16-10-2-1-3-11(17)14(10)8-6-9(8)15(23)18-12-4-5-20(19-12)7-13(21)22/h1-5,8-9H,6-7H2,(H,21,22)(H,18,19,23)/t8-,9+/m0/s1. The summed E-state index contributed by atoms with van der Waals surface area (Å²) in [6.07, 6.45) is 1.78. The Bertz CT molecular complexity index is 755. The van der Waals surface area contributed by atoms with Gasteiger partial charge in [0.15, 0.2) is 5.82 Å². The van der Waals surface area contributed by atoms with Gasteiger partial charge in [-0.1, -0.05) is 6.07 Å². The Morgan fingerprint density at radius 3 is 2.65 bits per heavy atom. The van der Waals surface area contributed by atoms with Gasteiger partial charge in [-0.05, 0) is 18.6 Å². The van der Waals surface area contributed by atoms with Crippen molar-refractivity contribution >= 4 is 17.7 Å². The summed E-state index contributed by atoms with van der Waals surface area (Å²) < 4.78 is 28.5. The van der Waals surface area contributed by atoms with Crippen LogP contribution >= 0.6 is 0 Å². The molecule has 1 saturated carbocycles. The van der Waals surface area contributed by atoms with E-state index in [9.17, 15) is 18.4 Å². The van der Waals surface area contributed by atoms with Gasteiger partial charge >= 0.3 is 5.97 Å². The van der Waals surface area contributed by atoms with Crippen LogP contribution in [0.1, 0.15) is 17.9 Å². The molecule has 2 atom stereocenters. The van der Waals surface area contributed by atoms with Crippen molar-refractivity contribution in [3.05, 3.63) is 47.7 Å². The summed E-state index contributed by atoms with van der Waals surface area (Å²) in [4.78, 5) is 22.7. The van der Waals surface area contributed by atoms with Gasteiger partial charge in [0.1, 0.15) is 18.2 Å². The summed E-state index contributed by atoms with van der Waals surface area (Å²) in [6, 6.07) is 5.07. The molecular formula is C15H13F2N3O3. The fraction of sp³-hybridized carbons (Fsp3) is 0.267. The molecule has 2 aromatic rings. The van der Waals surface area contributed by atoms with Gasteiger partial charge in [0.2, 0.25) is 5.91 Å². The van der Waals surface area contributed by atoms with E-state index in [0.29, 0.717) is 6.42 Å². The van der Waals surface area contributed by atoms with Crippen LogP contribution < -0.4 is 5.32 Å². The Morgan fingerprint density at radius 2 is 2.00 bits per heavy atom. The number of aromatic nitrogens is 2. The number of aliphatic carboxylic acids is 1. The summed E-state index contributed by atoms with van der Waals surface area (Å²) in [6.45, 7) is -0.317. The van der Waals surface area contributed by atoms with Crippen LogP contribution in [-0.2, 0) is 16.1 Å². The molecule has 23 heavy (non-hydrogen) atoms. The highest BCUT2D eigenvalue weighted by molar-refractivity contribution is 5.94. The summed E-state index contributed by atoms with van der Waals surface area (Å²) in [5.41, 5.74) is -0.0657. The maximum atomic E-state index is 13.7. The number of benzene rings is 1. The molecule has 3 rings (SSSR count). The van der Waals surface area contributed by atoms with Crippen LogP contribution in [0, 0.1) is 17.6 Å². The first-order valence-electron chi connectivity index (χ1n) is 6.95. The van der Waals surface area contributed by atoms with Crippen molar-refractivity contribution in [2.45, 2.75) is 18.9 Å². The molecule has 1 fully saturated rings. The number of rotatable bonds is 5. The maximum Gasteiger partial charge on any atom is 0.325 e. The molecule has 1 heterocycles. The van der Waals surface area contributed by atoms with Crippen molar-refractivity contribution in [1.29, 1.82) is 0 Å². The van der Waals surface area contributed by atoms with E-state index in [0.717, 1.165) is 0 Å². The summed E-state index contributed by atoms with van der Waals surface area (Å²) in [7, 11) is 0. The van der Waals surface area contributed by atoms with E-state index in [2.05, 4.69) is 10.4 Å². The Labute approximate surface area is 129 Å². The highest BCUT2D eigenvalue weighted by atomic mass is 19.1. The Kier molecular flexibility index (Phi) is 3.81. The van der Waals surface area contributed by atoms with Crippen molar-refractivity contribution in [2.24, 2.45) is 5.92 Å². The number of halogens is 2. The van der Waals surface area contributed by atoms with Gasteiger partial charge in [-0.15, -0.1) is 0 Å². The molecular weight excluding hydrogens is 308 g/mol. The number of nitrogens with one attached hydrogen (secondary N) is 1. The van der Waals surface area contributed by atoms with Gasteiger partial charge in [-0.3, -0.25) is 14.3 Å². The second-order valence-electron chi connectivity index (χ2n) is 5.37. The largest absolute Gasteiger partial charge is 0.480 e.